The first-order valence-electron chi connectivity index (χ1n) is 6.38. The highest BCUT2D eigenvalue weighted by Crippen LogP contribution is 2.36. The van der Waals surface area contributed by atoms with Gasteiger partial charge in [-0.05, 0) is 35.9 Å². The fourth-order valence-corrected chi connectivity index (χ4v) is 6.55. The van der Waals surface area contributed by atoms with Gasteiger partial charge in [0.05, 0.1) is 16.8 Å². The van der Waals surface area contributed by atoms with Gasteiger partial charge in [-0.25, -0.2) is 13.0 Å². The molecule has 110 valence electrons. The molecule has 2 aliphatic heterocycles. The summed E-state index contributed by atoms with van der Waals surface area (Å²) in [4.78, 5) is 0. The largest absolute Gasteiger partial charge is 1.00 e. The zero-order chi connectivity index (χ0) is 13.6. The second-order valence-electron chi connectivity index (χ2n) is 5.03. The number of thioether (sulfide) groups is 1. The number of halogens is 1. The van der Waals surface area contributed by atoms with E-state index in [2.05, 4.69) is 19.1 Å². The molecule has 0 radical (unpaired) electrons. The summed E-state index contributed by atoms with van der Waals surface area (Å²) in [5.74, 6) is 0.452. The summed E-state index contributed by atoms with van der Waals surface area (Å²) in [6.45, 7) is 2.11. The van der Waals surface area contributed by atoms with Crippen LogP contribution in [0.5, 0.6) is 0 Å². The number of aryl methyl sites for hydroxylation is 1. The summed E-state index contributed by atoms with van der Waals surface area (Å²) >= 11 is 1.49. The minimum absolute atomic E-state index is 0. The maximum Gasteiger partial charge on any atom is 0.310 e. The number of nitrogens with zero attached hydrogens (tertiary/aromatic N) is 1. The molecule has 2 N–H and O–H groups in total. The quantitative estimate of drug-likeness (QED) is 0.614. The minimum atomic E-state index is -2.91. The van der Waals surface area contributed by atoms with Gasteiger partial charge in [0.1, 0.15) is 11.7 Å². The van der Waals surface area contributed by atoms with Crippen molar-refractivity contribution in [1.29, 1.82) is 0 Å². The van der Waals surface area contributed by atoms with Gasteiger partial charge in [0.15, 0.2) is 9.84 Å². The lowest BCUT2D eigenvalue weighted by molar-refractivity contribution is -0.470. The number of hydrogen-bond donors (Lipinski definition) is 1. The van der Waals surface area contributed by atoms with Crippen molar-refractivity contribution in [2.45, 2.75) is 24.6 Å². The Labute approximate surface area is 134 Å². The number of rotatable bonds is 2. The highest BCUT2D eigenvalue weighted by Gasteiger charge is 2.49. The molecule has 0 saturated carbocycles. The topological polar surface area (TPSA) is 63.2 Å². The molecule has 1 aromatic rings. The van der Waals surface area contributed by atoms with Crippen molar-refractivity contribution in [1.82, 2.24) is 0 Å². The van der Waals surface area contributed by atoms with E-state index in [0.29, 0.717) is 5.17 Å². The summed E-state index contributed by atoms with van der Waals surface area (Å²) in [6.07, 6.45) is 0.995. The molecule has 1 saturated heterocycles. The Kier molecular flexibility index (Phi) is 4.51. The predicted octanol–water partition coefficient (Wildman–Crippen LogP) is -1.88. The van der Waals surface area contributed by atoms with Gasteiger partial charge < -0.3 is 17.0 Å². The van der Waals surface area contributed by atoms with Crippen molar-refractivity contribution in [3.63, 3.8) is 0 Å². The van der Waals surface area contributed by atoms with Crippen LogP contribution in [0.25, 0.3) is 0 Å². The smallest absolute Gasteiger partial charge is 0.310 e. The SMILES string of the molecule is CCc1ccc([N+]2=C(N)SC3CS(=O)(=O)CC32)cc1.[Br-]. The van der Waals surface area contributed by atoms with E-state index in [1.807, 2.05) is 16.7 Å². The third-order valence-corrected chi connectivity index (χ3v) is 6.89. The number of fused-ring (bicyclic) bond motifs is 1. The lowest BCUT2D eigenvalue weighted by Crippen LogP contribution is -3.00. The number of hydrogen-bond acceptors (Lipinski definition) is 4. The molecule has 20 heavy (non-hydrogen) atoms. The van der Waals surface area contributed by atoms with Crippen LogP contribution < -0.4 is 22.7 Å². The molecule has 0 aromatic heterocycles. The first-order valence-corrected chi connectivity index (χ1v) is 9.08. The van der Waals surface area contributed by atoms with Crippen molar-refractivity contribution < 1.29 is 30.0 Å². The second kappa shape index (κ2) is 5.69. The molecule has 2 unspecified atom stereocenters. The molecular formula is C13H17BrN2O2S2. The molecule has 0 spiro atoms. The average Bonchev–Trinajstić information content (AvgIpc) is 2.79. The molecule has 0 amide bonds. The minimum Gasteiger partial charge on any atom is -1.00 e. The van der Waals surface area contributed by atoms with Crippen molar-refractivity contribution in [2.24, 2.45) is 5.73 Å². The summed E-state index contributed by atoms with van der Waals surface area (Å²) in [5.41, 5.74) is 8.33. The molecule has 1 fully saturated rings. The van der Waals surface area contributed by atoms with Crippen LogP contribution in [0.2, 0.25) is 0 Å². The van der Waals surface area contributed by atoms with Crippen LogP contribution in [0.1, 0.15) is 12.5 Å². The number of amidine groups is 1. The fourth-order valence-electron chi connectivity index (χ4n) is 2.74. The van der Waals surface area contributed by atoms with E-state index in [9.17, 15) is 8.42 Å². The van der Waals surface area contributed by atoms with Gasteiger partial charge in [0.2, 0.25) is 0 Å². The van der Waals surface area contributed by atoms with Gasteiger partial charge in [0.25, 0.3) is 0 Å². The van der Waals surface area contributed by atoms with Crippen molar-refractivity contribution in [3.8, 4) is 0 Å². The normalized spacial score (nSPS) is 27.2. The Morgan fingerprint density at radius 2 is 1.95 bits per heavy atom. The van der Waals surface area contributed by atoms with Crippen LogP contribution in [0, 0.1) is 0 Å². The van der Waals surface area contributed by atoms with Gasteiger partial charge in [-0.2, -0.15) is 0 Å². The Morgan fingerprint density at radius 1 is 1.30 bits per heavy atom. The third-order valence-electron chi connectivity index (χ3n) is 3.74. The van der Waals surface area contributed by atoms with Crippen LogP contribution in [0.3, 0.4) is 0 Å². The first-order chi connectivity index (χ1) is 9.00. The van der Waals surface area contributed by atoms with Crippen molar-refractivity contribution >= 4 is 32.5 Å². The van der Waals surface area contributed by atoms with Crippen molar-refractivity contribution in [2.75, 3.05) is 11.5 Å². The van der Waals surface area contributed by atoms with Gasteiger partial charge in [-0.3, -0.25) is 5.73 Å². The first kappa shape index (κ1) is 15.9. The van der Waals surface area contributed by atoms with Crippen molar-refractivity contribution in [3.05, 3.63) is 29.8 Å². The predicted molar refractivity (Wildman–Crippen MR) is 78.8 cm³/mol. The number of benzene rings is 1. The van der Waals surface area contributed by atoms with Gasteiger partial charge in [-0.1, -0.05) is 19.1 Å². The second-order valence-corrected chi connectivity index (χ2v) is 8.44. The maximum absolute atomic E-state index is 11.7. The van der Waals surface area contributed by atoms with E-state index in [4.69, 9.17) is 5.73 Å². The van der Waals surface area contributed by atoms with E-state index in [1.165, 1.54) is 17.3 Å². The molecule has 1 aromatic carbocycles. The van der Waals surface area contributed by atoms with Crippen LogP contribution in [-0.2, 0) is 16.3 Å². The summed E-state index contributed by atoms with van der Waals surface area (Å²) < 4.78 is 25.5. The number of nitrogens with two attached hydrogens (primary N) is 1. The monoisotopic (exact) mass is 376 g/mol. The highest BCUT2D eigenvalue weighted by molar-refractivity contribution is 8.15. The Morgan fingerprint density at radius 3 is 2.55 bits per heavy atom. The molecule has 2 aliphatic rings. The number of sulfone groups is 1. The van der Waals surface area contributed by atoms with E-state index in [-0.39, 0.29) is 39.8 Å². The maximum atomic E-state index is 11.7. The Hall–Kier alpha value is -0.530. The van der Waals surface area contributed by atoms with Gasteiger partial charge in [-0.15, -0.1) is 0 Å². The molecule has 2 heterocycles. The molecule has 0 aliphatic carbocycles. The van der Waals surface area contributed by atoms with Crippen LogP contribution in [0.4, 0.5) is 5.69 Å². The standard InChI is InChI=1S/C13H16N2O2S2.BrH/c1-2-9-3-5-10(6-4-9)15-11-7-19(16,17)8-12(11)18-13(15)14;/h3-6,11-12,14H,2,7-8H2,1H3;1H. The van der Waals surface area contributed by atoms with E-state index in [0.717, 1.165) is 12.1 Å². The summed E-state index contributed by atoms with van der Waals surface area (Å²) in [5, 5.41) is 0.796. The van der Waals surface area contributed by atoms with Gasteiger partial charge in [0, 0.05) is 0 Å². The summed E-state index contributed by atoms with van der Waals surface area (Å²) in [6, 6.07) is 8.19. The fraction of sp³-hybridized carbons (Fsp3) is 0.462. The van der Waals surface area contributed by atoms with Gasteiger partial charge >= 0.3 is 5.17 Å². The molecule has 3 rings (SSSR count). The highest BCUT2D eigenvalue weighted by atomic mass is 79.9. The summed E-state index contributed by atoms with van der Waals surface area (Å²) in [7, 11) is -2.91. The van der Waals surface area contributed by atoms with Crippen LogP contribution in [-0.4, -0.2) is 41.0 Å². The average molecular weight is 377 g/mol. The Balaban J connectivity index is 0.00000147. The lowest BCUT2D eigenvalue weighted by atomic mass is 10.1. The third kappa shape index (κ3) is 2.76. The molecule has 7 heteroatoms. The Bertz CT molecular complexity index is 641. The van der Waals surface area contributed by atoms with Crippen LogP contribution in [0.15, 0.2) is 24.3 Å². The van der Waals surface area contributed by atoms with E-state index < -0.39 is 9.84 Å². The zero-order valence-electron chi connectivity index (χ0n) is 11.1. The van der Waals surface area contributed by atoms with E-state index >= 15 is 0 Å². The molecule has 4 nitrogen and oxygen atoms in total. The molecule has 2 atom stereocenters. The van der Waals surface area contributed by atoms with E-state index in [1.54, 1.807) is 0 Å². The molecular weight excluding hydrogens is 360 g/mol. The zero-order valence-corrected chi connectivity index (χ0v) is 14.3. The lowest BCUT2D eigenvalue weighted by Gasteiger charge is -2.11. The van der Waals surface area contributed by atoms with Crippen LogP contribution >= 0.6 is 11.8 Å². The molecule has 0 bridgehead atoms.